The van der Waals surface area contributed by atoms with E-state index < -0.39 is 15.8 Å². The molecule has 1 rings (SSSR count). The van der Waals surface area contributed by atoms with Gasteiger partial charge in [-0.05, 0) is 30.0 Å². The van der Waals surface area contributed by atoms with Crippen LogP contribution in [0, 0.1) is 11.2 Å². The Hall–Kier alpha value is -1.14. The molecular weight excluding hydrogens is 255 g/mol. The molecule has 0 unspecified atom stereocenters. The highest BCUT2D eigenvalue weighted by molar-refractivity contribution is 7.89. The van der Waals surface area contributed by atoms with Crippen molar-refractivity contribution >= 4 is 15.7 Å². The van der Waals surface area contributed by atoms with E-state index in [0.29, 0.717) is 6.42 Å². The van der Waals surface area contributed by atoms with Crippen molar-refractivity contribution in [1.82, 2.24) is 4.72 Å². The van der Waals surface area contributed by atoms with Gasteiger partial charge in [-0.3, -0.25) is 0 Å². The molecule has 0 saturated carbocycles. The first-order chi connectivity index (χ1) is 8.12. The van der Waals surface area contributed by atoms with Crippen molar-refractivity contribution < 1.29 is 12.8 Å². The lowest BCUT2D eigenvalue weighted by Gasteiger charge is -2.18. The molecule has 0 atom stereocenters. The fourth-order valence-electron chi connectivity index (χ4n) is 1.37. The van der Waals surface area contributed by atoms with Crippen molar-refractivity contribution in [3.8, 4) is 0 Å². The van der Waals surface area contributed by atoms with E-state index in [2.05, 4.69) is 4.72 Å². The van der Waals surface area contributed by atoms with Crippen LogP contribution in [0.2, 0.25) is 0 Å². The van der Waals surface area contributed by atoms with E-state index in [1.807, 2.05) is 20.8 Å². The third-order valence-electron chi connectivity index (χ3n) is 2.41. The number of halogens is 1. The summed E-state index contributed by atoms with van der Waals surface area (Å²) < 4.78 is 39.6. The summed E-state index contributed by atoms with van der Waals surface area (Å²) in [6.45, 7) is 6.29. The number of nitrogens with two attached hydrogens (primary N) is 1. The molecule has 0 aliphatic carbocycles. The first-order valence-corrected chi connectivity index (χ1v) is 7.15. The second kappa shape index (κ2) is 5.24. The Labute approximate surface area is 107 Å². The van der Waals surface area contributed by atoms with Crippen LogP contribution in [0.1, 0.15) is 27.2 Å². The molecule has 0 saturated heterocycles. The summed E-state index contributed by atoms with van der Waals surface area (Å²) in [5.41, 5.74) is 5.58. The third-order valence-corrected chi connectivity index (χ3v) is 3.91. The molecule has 0 spiro atoms. The predicted molar refractivity (Wildman–Crippen MR) is 70.1 cm³/mol. The molecule has 0 aliphatic heterocycles. The maximum absolute atomic E-state index is 13.5. The van der Waals surface area contributed by atoms with Crippen LogP contribution in [0.15, 0.2) is 23.1 Å². The average Bonchev–Trinajstić information content (AvgIpc) is 2.13. The van der Waals surface area contributed by atoms with Crippen LogP contribution >= 0.6 is 0 Å². The molecule has 0 radical (unpaired) electrons. The normalized spacial score (nSPS) is 12.7. The standard InChI is InChI=1S/C12H19FN2O2S/c1-12(2,3)6-7-15-18(16,17)11-5-4-9(14)8-10(11)13/h4-5,8,15H,6-7,14H2,1-3H3. The van der Waals surface area contributed by atoms with Gasteiger partial charge in [0.05, 0.1) is 0 Å². The highest BCUT2D eigenvalue weighted by Gasteiger charge is 2.19. The van der Waals surface area contributed by atoms with E-state index >= 15 is 0 Å². The van der Waals surface area contributed by atoms with Gasteiger partial charge in [0.15, 0.2) is 0 Å². The van der Waals surface area contributed by atoms with Gasteiger partial charge >= 0.3 is 0 Å². The van der Waals surface area contributed by atoms with Crippen LogP contribution in [0.5, 0.6) is 0 Å². The van der Waals surface area contributed by atoms with Crippen LogP contribution in [0.4, 0.5) is 10.1 Å². The minimum atomic E-state index is -3.81. The van der Waals surface area contributed by atoms with Crippen LogP contribution in [-0.2, 0) is 10.0 Å². The van der Waals surface area contributed by atoms with Crippen molar-refractivity contribution in [1.29, 1.82) is 0 Å². The largest absolute Gasteiger partial charge is 0.399 e. The lowest BCUT2D eigenvalue weighted by Crippen LogP contribution is -2.28. The summed E-state index contributed by atoms with van der Waals surface area (Å²) in [7, 11) is -3.81. The van der Waals surface area contributed by atoms with Gasteiger partial charge in [0.1, 0.15) is 10.7 Å². The van der Waals surface area contributed by atoms with Crippen molar-refractivity contribution in [3.63, 3.8) is 0 Å². The second-order valence-electron chi connectivity index (χ2n) is 5.40. The number of hydrogen-bond acceptors (Lipinski definition) is 3. The number of hydrogen-bond donors (Lipinski definition) is 2. The molecule has 1 aromatic rings. The average molecular weight is 274 g/mol. The minimum absolute atomic E-state index is 0.0161. The summed E-state index contributed by atoms with van der Waals surface area (Å²) >= 11 is 0. The number of rotatable bonds is 4. The Morgan fingerprint density at radius 2 is 1.94 bits per heavy atom. The van der Waals surface area contributed by atoms with Gasteiger partial charge < -0.3 is 5.73 Å². The van der Waals surface area contributed by atoms with Crippen molar-refractivity contribution in [2.45, 2.75) is 32.1 Å². The molecule has 0 fully saturated rings. The molecule has 0 bridgehead atoms. The van der Waals surface area contributed by atoms with Gasteiger partial charge in [0, 0.05) is 12.2 Å². The molecular formula is C12H19FN2O2S. The zero-order valence-corrected chi connectivity index (χ0v) is 11.6. The molecule has 4 nitrogen and oxygen atoms in total. The van der Waals surface area contributed by atoms with Gasteiger partial charge in [-0.15, -0.1) is 0 Å². The number of nitrogen functional groups attached to an aromatic ring is 1. The van der Waals surface area contributed by atoms with Gasteiger partial charge in [-0.2, -0.15) is 0 Å². The van der Waals surface area contributed by atoms with Crippen LogP contribution in [-0.4, -0.2) is 15.0 Å². The lowest BCUT2D eigenvalue weighted by atomic mass is 9.93. The number of sulfonamides is 1. The molecule has 0 aliphatic rings. The molecule has 0 amide bonds. The summed E-state index contributed by atoms with van der Waals surface area (Å²) in [5, 5.41) is 0. The van der Waals surface area contributed by atoms with Crippen molar-refractivity contribution in [2.75, 3.05) is 12.3 Å². The maximum atomic E-state index is 13.5. The second-order valence-corrected chi connectivity index (χ2v) is 7.13. The highest BCUT2D eigenvalue weighted by Crippen LogP contribution is 2.19. The van der Waals surface area contributed by atoms with E-state index in [1.54, 1.807) is 0 Å². The van der Waals surface area contributed by atoms with E-state index in [-0.39, 0.29) is 22.5 Å². The van der Waals surface area contributed by atoms with E-state index in [4.69, 9.17) is 5.73 Å². The highest BCUT2D eigenvalue weighted by atomic mass is 32.2. The fourth-order valence-corrected chi connectivity index (χ4v) is 2.46. The van der Waals surface area contributed by atoms with E-state index in [1.165, 1.54) is 12.1 Å². The number of nitrogens with one attached hydrogen (secondary N) is 1. The third kappa shape index (κ3) is 4.27. The first-order valence-electron chi connectivity index (χ1n) is 5.66. The molecule has 1 aromatic carbocycles. The van der Waals surface area contributed by atoms with E-state index in [9.17, 15) is 12.8 Å². The Morgan fingerprint density at radius 3 is 2.44 bits per heavy atom. The van der Waals surface area contributed by atoms with Crippen LogP contribution in [0.3, 0.4) is 0 Å². The molecule has 3 N–H and O–H groups in total. The molecule has 18 heavy (non-hydrogen) atoms. The van der Waals surface area contributed by atoms with Crippen molar-refractivity contribution in [3.05, 3.63) is 24.0 Å². The van der Waals surface area contributed by atoms with Gasteiger partial charge in [0.25, 0.3) is 0 Å². The predicted octanol–water partition coefficient (Wildman–Crippen LogP) is 2.12. The number of benzene rings is 1. The smallest absolute Gasteiger partial charge is 0.243 e. The summed E-state index contributed by atoms with van der Waals surface area (Å²) in [6.07, 6.45) is 0.669. The van der Waals surface area contributed by atoms with Crippen LogP contribution < -0.4 is 10.5 Å². The molecule has 0 aromatic heterocycles. The topological polar surface area (TPSA) is 72.2 Å². The molecule has 102 valence electrons. The number of anilines is 1. The SMILES string of the molecule is CC(C)(C)CCNS(=O)(=O)c1ccc(N)cc1F. The Morgan fingerprint density at radius 1 is 1.33 bits per heavy atom. The van der Waals surface area contributed by atoms with Gasteiger partial charge in [-0.1, -0.05) is 20.8 Å². The molecule has 6 heteroatoms. The fraction of sp³-hybridized carbons (Fsp3) is 0.500. The lowest BCUT2D eigenvalue weighted by molar-refractivity contribution is 0.378. The van der Waals surface area contributed by atoms with Gasteiger partial charge in [-0.25, -0.2) is 17.5 Å². The Bertz CT molecular complexity index is 521. The quantitative estimate of drug-likeness (QED) is 0.826. The molecule has 0 heterocycles. The van der Waals surface area contributed by atoms with Crippen molar-refractivity contribution in [2.24, 2.45) is 5.41 Å². The summed E-state index contributed by atoms with van der Waals surface area (Å²) in [5.74, 6) is -0.835. The maximum Gasteiger partial charge on any atom is 0.243 e. The van der Waals surface area contributed by atoms with Crippen LogP contribution in [0.25, 0.3) is 0 Å². The minimum Gasteiger partial charge on any atom is -0.399 e. The zero-order valence-electron chi connectivity index (χ0n) is 10.8. The first kappa shape index (κ1) is 14.9. The summed E-state index contributed by atoms with van der Waals surface area (Å²) in [4.78, 5) is -0.370. The zero-order chi connectivity index (χ0) is 14.0. The monoisotopic (exact) mass is 274 g/mol. The summed E-state index contributed by atoms with van der Waals surface area (Å²) in [6, 6.07) is 3.53. The Balaban J connectivity index is 2.81. The Kier molecular flexibility index (Phi) is 4.34. The van der Waals surface area contributed by atoms with E-state index in [0.717, 1.165) is 6.07 Å². The van der Waals surface area contributed by atoms with Gasteiger partial charge in [0.2, 0.25) is 10.0 Å².